The fourth-order valence-corrected chi connectivity index (χ4v) is 0.326. The molecular formula is C5H7F5O. The lowest BCUT2D eigenvalue weighted by molar-refractivity contribution is -0.300. The summed E-state index contributed by atoms with van der Waals surface area (Å²) in [5.74, 6) is 0. The van der Waals surface area contributed by atoms with Crippen molar-refractivity contribution in [3.05, 3.63) is 0 Å². The van der Waals surface area contributed by atoms with Crippen LogP contribution in [0.5, 0.6) is 0 Å². The van der Waals surface area contributed by atoms with E-state index in [0.29, 0.717) is 0 Å². The van der Waals surface area contributed by atoms with Crippen molar-refractivity contribution in [3.63, 3.8) is 0 Å². The highest BCUT2D eigenvalue weighted by molar-refractivity contribution is 4.54. The Labute approximate surface area is 60.1 Å². The lowest BCUT2D eigenvalue weighted by Crippen LogP contribution is -2.30. The monoisotopic (exact) mass is 178 g/mol. The normalized spacial score (nSPS) is 12.5. The predicted octanol–water partition coefficient (Wildman–Crippen LogP) is 2.22. The van der Waals surface area contributed by atoms with Gasteiger partial charge in [-0.15, -0.1) is 0 Å². The molecule has 0 radical (unpaired) electrons. The Balaban J connectivity index is 3.55. The van der Waals surface area contributed by atoms with E-state index in [-0.39, 0.29) is 6.42 Å². The second kappa shape index (κ2) is 4.48. The summed E-state index contributed by atoms with van der Waals surface area (Å²) in [5, 5.41) is 0. The average Bonchev–Trinajstić information content (AvgIpc) is 1.88. The standard InChI is InChI=1S/C5H7F5O/c6-2-1-3-11-5(9,10)4(7)8/h4H,1-3H2. The van der Waals surface area contributed by atoms with Crippen molar-refractivity contribution in [2.45, 2.75) is 19.0 Å². The third kappa shape index (κ3) is 4.13. The first kappa shape index (κ1) is 10.6. The summed E-state index contributed by atoms with van der Waals surface area (Å²) in [6, 6.07) is 0. The number of hydrogen-bond donors (Lipinski definition) is 0. The molecule has 0 N–H and O–H groups in total. The van der Waals surface area contributed by atoms with Gasteiger partial charge in [-0.25, -0.2) is 8.78 Å². The van der Waals surface area contributed by atoms with Gasteiger partial charge in [0.1, 0.15) is 0 Å². The fraction of sp³-hybridized carbons (Fsp3) is 1.00. The third-order valence-electron chi connectivity index (χ3n) is 0.827. The molecule has 0 rings (SSSR count). The van der Waals surface area contributed by atoms with Crippen LogP contribution >= 0.6 is 0 Å². The molecule has 0 atom stereocenters. The van der Waals surface area contributed by atoms with Crippen molar-refractivity contribution in [2.24, 2.45) is 0 Å². The average molecular weight is 178 g/mol. The van der Waals surface area contributed by atoms with E-state index in [2.05, 4.69) is 4.74 Å². The molecule has 0 unspecified atom stereocenters. The smallest absolute Gasteiger partial charge is 0.316 e. The first-order chi connectivity index (χ1) is 5.00. The van der Waals surface area contributed by atoms with Crippen LogP contribution in [0.4, 0.5) is 22.0 Å². The number of ether oxygens (including phenoxy) is 1. The van der Waals surface area contributed by atoms with Crippen LogP contribution in [0.3, 0.4) is 0 Å². The van der Waals surface area contributed by atoms with E-state index in [1.807, 2.05) is 0 Å². The van der Waals surface area contributed by atoms with Gasteiger partial charge in [0.05, 0.1) is 13.3 Å². The molecule has 68 valence electrons. The number of hydrogen-bond acceptors (Lipinski definition) is 1. The Morgan fingerprint density at radius 2 is 1.82 bits per heavy atom. The molecule has 0 amide bonds. The quantitative estimate of drug-likeness (QED) is 0.463. The maximum Gasteiger partial charge on any atom is 0.416 e. The Kier molecular flexibility index (Phi) is 4.32. The van der Waals surface area contributed by atoms with Gasteiger partial charge in [0.15, 0.2) is 0 Å². The molecule has 11 heavy (non-hydrogen) atoms. The molecule has 6 heteroatoms. The largest absolute Gasteiger partial charge is 0.416 e. The second-order valence-corrected chi connectivity index (χ2v) is 1.75. The SMILES string of the molecule is FCCCOC(F)(F)C(F)F. The van der Waals surface area contributed by atoms with Gasteiger partial charge in [0.2, 0.25) is 0 Å². The van der Waals surface area contributed by atoms with Gasteiger partial charge in [-0.05, 0) is 6.42 Å². The molecule has 0 fully saturated rings. The summed E-state index contributed by atoms with van der Waals surface area (Å²) < 4.78 is 60.8. The van der Waals surface area contributed by atoms with Crippen molar-refractivity contribution in [1.29, 1.82) is 0 Å². The minimum atomic E-state index is -4.45. The summed E-state index contributed by atoms with van der Waals surface area (Å²) in [6.45, 7) is -1.56. The van der Waals surface area contributed by atoms with Crippen LogP contribution in [0.25, 0.3) is 0 Å². The van der Waals surface area contributed by atoms with Crippen molar-refractivity contribution in [3.8, 4) is 0 Å². The highest BCUT2D eigenvalue weighted by atomic mass is 19.3. The van der Waals surface area contributed by atoms with Gasteiger partial charge in [-0.3, -0.25) is 4.39 Å². The van der Waals surface area contributed by atoms with Gasteiger partial charge in [0.25, 0.3) is 0 Å². The van der Waals surface area contributed by atoms with Crippen LogP contribution in [-0.2, 0) is 4.74 Å². The summed E-state index contributed by atoms with van der Waals surface area (Å²) in [7, 11) is 0. The van der Waals surface area contributed by atoms with Crippen LogP contribution in [0.1, 0.15) is 6.42 Å². The van der Waals surface area contributed by atoms with Crippen LogP contribution in [0.15, 0.2) is 0 Å². The molecule has 0 aliphatic carbocycles. The molecule has 1 nitrogen and oxygen atoms in total. The lowest BCUT2D eigenvalue weighted by Gasteiger charge is -2.14. The molecule has 0 bridgehead atoms. The molecular weight excluding hydrogens is 171 g/mol. The molecule has 0 aromatic rings. The molecule has 0 aromatic heterocycles. The van der Waals surface area contributed by atoms with Crippen molar-refractivity contribution < 1.29 is 26.7 Å². The van der Waals surface area contributed by atoms with Gasteiger partial charge in [0, 0.05) is 0 Å². The van der Waals surface area contributed by atoms with E-state index in [4.69, 9.17) is 0 Å². The van der Waals surface area contributed by atoms with Gasteiger partial charge >= 0.3 is 12.5 Å². The Bertz CT molecular complexity index is 105. The fourth-order valence-electron chi connectivity index (χ4n) is 0.326. The van der Waals surface area contributed by atoms with Gasteiger partial charge in [-0.2, -0.15) is 8.78 Å². The minimum Gasteiger partial charge on any atom is -0.316 e. The van der Waals surface area contributed by atoms with E-state index in [1.54, 1.807) is 0 Å². The number of rotatable bonds is 5. The minimum absolute atomic E-state index is 0.303. The molecule has 0 heterocycles. The van der Waals surface area contributed by atoms with Gasteiger partial charge < -0.3 is 4.74 Å². The zero-order chi connectivity index (χ0) is 8.91. The molecule has 0 aliphatic heterocycles. The summed E-state index contributed by atoms with van der Waals surface area (Å²) in [6.07, 6.45) is -8.61. The predicted molar refractivity (Wildman–Crippen MR) is 27.5 cm³/mol. The summed E-state index contributed by atoms with van der Waals surface area (Å²) in [5.41, 5.74) is 0. The van der Waals surface area contributed by atoms with E-state index in [9.17, 15) is 22.0 Å². The first-order valence-corrected chi connectivity index (χ1v) is 2.86. The van der Waals surface area contributed by atoms with Crippen LogP contribution in [0, 0.1) is 0 Å². The molecule has 0 aromatic carbocycles. The molecule has 0 aliphatic rings. The zero-order valence-electron chi connectivity index (χ0n) is 5.50. The topological polar surface area (TPSA) is 9.23 Å². The molecule has 0 spiro atoms. The highest BCUT2D eigenvalue weighted by Gasteiger charge is 2.41. The Morgan fingerprint density at radius 1 is 1.27 bits per heavy atom. The number of halogens is 5. The van der Waals surface area contributed by atoms with Gasteiger partial charge in [-0.1, -0.05) is 0 Å². The number of alkyl halides is 5. The summed E-state index contributed by atoms with van der Waals surface area (Å²) in [4.78, 5) is 0. The lowest BCUT2D eigenvalue weighted by atomic mass is 10.5. The van der Waals surface area contributed by atoms with Crippen LogP contribution in [-0.4, -0.2) is 25.8 Å². The van der Waals surface area contributed by atoms with Crippen molar-refractivity contribution in [1.82, 2.24) is 0 Å². The maximum absolute atomic E-state index is 11.8. The highest BCUT2D eigenvalue weighted by Crippen LogP contribution is 2.23. The molecule has 0 saturated carbocycles. The van der Waals surface area contributed by atoms with Crippen LogP contribution in [0.2, 0.25) is 0 Å². The molecule has 0 saturated heterocycles. The van der Waals surface area contributed by atoms with Crippen molar-refractivity contribution >= 4 is 0 Å². The zero-order valence-corrected chi connectivity index (χ0v) is 5.50. The van der Waals surface area contributed by atoms with Crippen LogP contribution < -0.4 is 0 Å². The van der Waals surface area contributed by atoms with E-state index in [1.165, 1.54) is 0 Å². The van der Waals surface area contributed by atoms with E-state index >= 15 is 0 Å². The van der Waals surface area contributed by atoms with E-state index in [0.717, 1.165) is 0 Å². The Hall–Kier alpha value is -0.390. The second-order valence-electron chi connectivity index (χ2n) is 1.75. The van der Waals surface area contributed by atoms with E-state index < -0.39 is 25.8 Å². The Morgan fingerprint density at radius 3 is 2.18 bits per heavy atom. The van der Waals surface area contributed by atoms with Crippen molar-refractivity contribution in [2.75, 3.05) is 13.3 Å². The summed E-state index contributed by atoms with van der Waals surface area (Å²) >= 11 is 0. The first-order valence-electron chi connectivity index (χ1n) is 2.86. The maximum atomic E-state index is 11.8. The third-order valence-corrected chi connectivity index (χ3v) is 0.827.